The molecule has 0 aromatic heterocycles. The van der Waals surface area contributed by atoms with Gasteiger partial charge in [-0.1, -0.05) is 19.1 Å². The molecule has 84 valence electrons. The molecule has 0 heterocycles. The molecular formula is C12H17F2N. The summed E-state index contributed by atoms with van der Waals surface area (Å²) in [5.74, 6) is -1.24. The van der Waals surface area contributed by atoms with Crippen molar-refractivity contribution < 1.29 is 8.78 Å². The number of hydrogen-bond acceptors (Lipinski definition) is 1. The Morgan fingerprint density at radius 1 is 1.27 bits per heavy atom. The fraction of sp³-hybridized carbons (Fsp3) is 0.500. The Kier molecular flexibility index (Phi) is 4.21. The van der Waals surface area contributed by atoms with E-state index in [4.69, 9.17) is 5.73 Å². The summed E-state index contributed by atoms with van der Waals surface area (Å²) >= 11 is 0. The van der Waals surface area contributed by atoms with Crippen molar-refractivity contribution in [3.8, 4) is 0 Å². The predicted molar refractivity (Wildman–Crippen MR) is 57.5 cm³/mol. The van der Waals surface area contributed by atoms with Gasteiger partial charge < -0.3 is 5.73 Å². The predicted octanol–water partition coefficient (Wildman–Crippen LogP) is 2.88. The minimum absolute atomic E-state index is 0.0941. The van der Waals surface area contributed by atoms with Crippen LogP contribution in [-0.4, -0.2) is 6.04 Å². The zero-order valence-electron chi connectivity index (χ0n) is 9.13. The maximum atomic E-state index is 13.3. The van der Waals surface area contributed by atoms with E-state index in [1.165, 1.54) is 6.07 Å². The molecule has 0 aliphatic carbocycles. The average Bonchev–Trinajstić information content (AvgIpc) is 2.11. The number of rotatable bonds is 4. The van der Waals surface area contributed by atoms with Crippen LogP contribution in [0.1, 0.15) is 25.8 Å². The first-order valence-electron chi connectivity index (χ1n) is 5.19. The van der Waals surface area contributed by atoms with Gasteiger partial charge in [-0.2, -0.15) is 0 Å². The molecule has 2 unspecified atom stereocenters. The zero-order chi connectivity index (χ0) is 11.4. The third-order valence-corrected chi connectivity index (χ3v) is 2.37. The summed E-state index contributed by atoms with van der Waals surface area (Å²) < 4.78 is 26.2. The molecular weight excluding hydrogens is 196 g/mol. The van der Waals surface area contributed by atoms with Crippen LogP contribution < -0.4 is 5.73 Å². The van der Waals surface area contributed by atoms with Gasteiger partial charge in [0.15, 0.2) is 11.6 Å². The highest BCUT2D eigenvalue weighted by atomic mass is 19.2. The lowest BCUT2D eigenvalue weighted by Crippen LogP contribution is -2.19. The molecule has 0 fully saturated rings. The molecule has 2 atom stereocenters. The molecule has 0 aliphatic rings. The Labute approximate surface area is 89.3 Å². The Balaban J connectivity index is 2.68. The van der Waals surface area contributed by atoms with E-state index in [9.17, 15) is 8.78 Å². The van der Waals surface area contributed by atoms with E-state index >= 15 is 0 Å². The molecule has 0 spiro atoms. The smallest absolute Gasteiger partial charge is 0.162 e. The maximum absolute atomic E-state index is 13.3. The molecule has 2 N–H and O–H groups in total. The largest absolute Gasteiger partial charge is 0.328 e. The second kappa shape index (κ2) is 5.21. The van der Waals surface area contributed by atoms with E-state index < -0.39 is 11.6 Å². The van der Waals surface area contributed by atoms with Crippen molar-refractivity contribution in [1.29, 1.82) is 0 Å². The van der Waals surface area contributed by atoms with Gasteiger partial charge in [0.1, 0.15) is 0 Å². The molecule has 15 heavy (non-hydrogen) atoms. The average molecular weight is 213 g/mol. The lowest BCUT2D eigenvalue weighted by Gasteiger charge is -2.14. The van der Waals surface area contributed by atoms with Gasteiger partial charge in [0.25, 0.3) is 0 Å². The first kappa shape index (κ1) is 12.1. The van der Waals surface area contributed by atoms with Crippen LogP contribution in [0.4, 0.5) is 8.78 Å². The number of benzene rings is 1. The van der Waals surface area contributed by atoms with Gasteiger partial charge >= 0.3 is 0 Å². The Morgan fingerprint density at radius 3 is 2.53 bits per heavy atom. The third-order valence-electron chi connectivity index (χ3n) is 2.37. The summed E-state index contributed by atoms with van der Waals surface area (Å²) in [4.78, 5) is 0. The van der Waals surface area contributed by atoms with Crippen LogP contribution in [-0.2, 0) is 6.42 Å². The Morgan fingerprint density at radius 2 is 1.93 bits per heavy atom. The molecule has 0 bridgehead atoms. The fourth-order valence-corrected chi connectivity index (χ4v) is 1.80. The van der Waals surface area contributed by atoms with E-state index in [-0.39, 0.29) is 12.0 Å². The Bertz CT molecular complexity index is 323. The van der Waals surface area contributed by atoms with Crippen molar-refractivity contribution >= 4 is 0 Å². The zero-order valence-corrected chi connectivity index (χ0v) is 9.13. The van der Waals surface area contributed by atoms with Gasteiger partial charge in [-0.05, 0) is 37.3 Å². The first-order valence-corrected chi connectivity index (χ1v) is 5.19. The lowest BCUT2D eigenvalue weighted by atomic mass is 9.95. The maximum Gasteiger partial charge on any atom is 0.162 e. The van der Waals surface area contributed by atoms with Gasteiger partial charge in [-0.3, -0.25) is 0 Å². The van der Waals surface area contributed by atoms with E-state index in [1.807, 2.05) is 13.8 Å². The minimum Gasteiger partial charge on any atom is -0.328 e. The van der Waals surface area contributed by atoms with Gasteiger partial charge in [0.2, 0.25) is 0 Å². The second-order valence-electron chi connectivity index (χ2n) is 4.24. The van der Waals surface area contributed by atoms with Crippen LogP contribution in [0.5, 0.6) is 0 Å². The normalized spacial score (nSPS) is 15.0. The van der Waals surface area contributed by atoms with Crippen molar-refractivity contribution in [3.05, 3.63) is 35.4 Å². The third kappa shape index (κ3) is 3.59. The van der Waals surface area contributed by atoms with E-state index in [0.29, 0.717) is 12.0 Å². The number of nitrogens with two attached hydrogens (primary N) is 1. The minimum atomic E-state index is -0.777. The van der Waals surface area contributed by atoms with Gasteiger partial charge in [0.05, 0.1) is 0 Å². The van der Waals surface area contributed by atoms with Crippen LogP contribution in [0, 0.1) is 17.6 Å². The first-order chi connectivity index (χ1) is 7.00. The van der Waals surface area contributed by atoms with Crippen molar-refractivity contribution in [2.75, 3.05) is 0 Å². The molecule has 1 aromatic rings. The molecule has 0 amide bonds. The summed E-state index contributed by atoms with van der Waals surface area (Å²) in [6.07, 6.45) is 1.35. The second-order valence-corrected chi connectivity index (χ2v) is 4.24. The molecule has 0 aliphatic heterocycles. The monoisotopic (exact) mass is 213 g/mol. The summed E-state index contributed by atoms with van der Waals surface area (Å²) in [6, 6.07) is 4.38. The lowest BCUT2D eigenvalue weighted by molar-refractivity contribution is 0.453. The quantitative estimate of drug-likeness (QED) is 0.817. The van der Waals surface area contributed by atoms with Crippen molar-refractivity contribution in [2.24, 2.45) is 11.7 Å². The van der Waals surface area contributed by atoms with Crippen LogP contribution in [0.15, 0.2) is 18.2 Å². The summed E-state index contributed by atoms with van der Waals surface area (Å²) in [6.45, 7) is 3.91. The van der Waals surface area contributed by atoms with Gasteiger partial charge in [-0.25, -0.2) is 8.78 Å². The SMILES string of the molecule is CC(N)CC(C)Cc1cccc(F)c1F. The van der Waals surface area contributed by atoms with E-state index in [2.05, 4.69) is 0 Å². The molecule has 1 aromatic carbocycles. The summed E-state index contributed by atoms with van der Waals surface area (Å²) in [5.41, 5.74) is 6.08. The summed E-state index contributed by atoms with van der Waals surface area (Å²) in [5, 5.41) is 0. The molecule has 1 nitrogen and oxygen atoms in total. The molecule has 0 radical (unpaired) electrons. The standard InChI is InChI=1S/C12H17F2N/c1-8(6-9(2)15)7-10-4-3-5-11(13)12(10)14/h3-5,8-9H,6-7,15H2,1-2H3. The van der Waals surface area contributed by atoms with Crippen LogP contribution in [0.3, 0.4) is 0 Å². The Hall–Kier alpha value is -0.960. The van der Waals surface area contributed by atoms with E-state index in [1.54, 1.807) is 6.07 Å². The molecule has 3 heteroatoms. The molecule has 0 saturated heterocycles. The number of halogens is 2. The van der Waals surface area contributed by atoms with Crippen LogP contribution in [0.2, 0.25) is 0 Å². The van der Waals surface area contributed by atoms with E-state index in [0.717, 1.165) is 12.5 Å². The van der Waals surface area contributed by atoms with Gasteiger partial charge in [-0.15, -0.1) is 0 Å². The van der Waals surface area contributed by atoms with Crippen LogP contribution >= 0.6 is 0 Å². The summed E-state index contributed by atoms with van der Waals surface area (Å²) in [7, 11) is 0. The number of hydrogen-bond donors (Lipinski definition) is 1. The molecule has 0 saturated carbocycles. The fourth-order valence-electron chi connectivity index (χ4n) is 1.80. The highest BCUT2D eigenvalue weighted by Gasteiger charge is 2.12. The highest BCUT2D eigenvalue weighted by molar-refractivity contribution is 5.19. The van der Waals surface area contributed by atoms with Gasteiger partial charge in [0, 0.05) is 6.04 Å². The van der Waals surface area contributed by atoms with Crippen LogP contribution in [0.25, 0.3) is 0 Å². The highest BCUT2D eigenvalue weighted by Crippen LogP contribution is 2.17. The van der Waals surface area contributed by atoms with Crippen molar-refractivity contribution in [1.82, 2.24) is 0 Å². The topological polar surface area (TPSA) is 26.0 Å². The van der Waals surface area contributed by atoms with Crippen molar-refractivity contribution in [3.63, 3.8) is 0 Å². The molecule has 1 rings (SSSR count). The van der Waals surface area contributed by atoms with Crippen molar-refractivity contribution in [2.45, 2.75) is 32.7 Å².